The molecule has 1 fully saturated rings. The summed E-state index contributed by atoms with van der Waals surface area (Å²) in [6.07, 6.45) is 3.53. The first-order chi connectivity index (χ1) is 14.5. The first kappa shape index (κ1) is 20.6. The van der Waals surface area contributed by atoms with Gasteiger partial charge in [-0.05, 0) is 49.2 Å². The van der Waals surface area contributed by atoms with Crippen LogP contribution in [0, 0.1) is 5.82 Å². The summed E-state index contributed by atoms with van der Waals surface area (Å²) < 4.78 is 15.7. The van der Waals surface area contributed by atoms with Gasteiger partial charge in [0.25, 0.3) is 5.91 Å². The van der Waals surface area contributed by atoms with Crippen molar-refractivity contribution in [3.8, 4) is 5.69 Å². The number of thioether (sulfide) groups is 1. The van der Waals surface area contributed by atoms with Crippen LogP contribution in [0.2, 0.25) is 5.02 Å². The molecule has 1 aliphatic rings. The Balaban J connectivity index is 1.57. The van der Waals surface area contributed by atoms with Crippen LogP contribution in [-0.4, -0.2) is 43.3 Å². The molecule has 1 aliphatic heterocycles. The minimum atomic E-state index is -0.515. The van der Waals surface area contributed by atoms with E-state index in [1.54, 1.807) is 42.5 Å². The van der Waals surface area contributed by atoms with Gasteiger partial charge in [-0.1, -0.05) is 41.9 Å². The van der Waals surface area contributed by atoms with Crippen molar-refractivity contribution in [2.45, 2.75) is 29.7 Å². The number of hydrogen-bond donors (Lipinski definition) is 0. The van der Waals surface area contributed by atoms with Crippen LogP contribution >= 0.6 is 23.4 Å². The highest BCUT2D eigenvalue weighted by molar-refractivity contribution is 8.00. The van der Waals surface area contributed by atoms with E-state index in [4.69, 9.17) is 11.6 Å². The molecular formula is C21H18ClFN4O2S. The van der Waals surface area contributed by atoms with Crippen molar-refractivity contribution in [3.05, 3.63) is 71.3 Å². The molecule has 1 aromatic heterocycles. The van der Waals surface area contributed by atoms with E-state index in [0.29, 0.717) is 34.4 Å². The topological polar surface area (TPSA) is 68.1 Å². The Labute approximate surface area is 182 Å². The Morgan fingerprint density at radius 2 is 1.90 bits per heavy atom. The van der Waals surface area contributed by atoms with Crippen molar-refractivity contribution in [2.24, 2.45) is 0 Å². The lowest BCUT2D eigenvalue weighted by molar-refractivity contribution is -0.127. The van der Waals surface area contributed by atoms with Crippen LogP contribution in [0.3, 0.4) is 0 Å². The van der Waals surface area contributed by atoms with Crippen LogP contribution < -0.4 is 0 Å². The number of hydrogen-bond acceptors (Lipinski definition) is 5. The molecule has 2 heterocycles. The van der Waals surface area contributed by atoms with E-state index < -0.39 is 11.1 Å². The van der Waals surface area contributed by atoms with Crippen molar-refractivity contribution in [2.75, 3.05) is 6.54 Å². The van der Waals surface area contributed by atoms with Crippen LogP contribution in [0.1, 0.15) is 29.6 Å². The largest absolute Gasteiger partial charge is 0.278 e. The maximum Gasteiger partial charge on any atom is 0.260 e. The van der Waals surface area contributed by atoms with E-state index in [2.05, 4.69) is 10.2 Å². The van der Waals surface area contributed by atoms with Gasteiger partial charge in [-0.2, -0.15) is 0 Å². The number of para-hydroxylation sites is 1. The molecule has 154 valence electrons. The highest BCUT2D eigenvalue weighted by Crippen LogP contribution is 2.31. The summed E-state index contributed by atoms with van der Waals surface area (Å²) in [6.45, 7) is 0.358. The molecule has 0 aliphatic carbocycles. The van der Waals surface area contributed by atoms with Gasteiger partial charge in [0.05, 0.1) is 10.9 Å². The van der Waals surface area contributed by atoms with Crippen molar-refractivity contribution >= 4 is 35.2 Å². The van der Waals surface area contributed by atoms with Gasteiger partial charge >= 0.3 is 0 Å². The quantitative estimate of drug-likeness (QED) is 0.559. The van der Waals surface area contributed by atoms with Gasteiger partial charge in [0.2, 0.25) is 5.91 Å². The number of amides is 2. The Morgan fingerprint density at radius 3 is 2.67 bits per heavy atom. The van der Waals surface area contributed by atoms with Crippen molar-refractivity contribution in [1.29, 1.82) is 0 Å². The molecule has 3 aromatic rings. The Hall–Kier alpha value is -2.71. The lowest BCUT2D eigenvalue weighted by atomic mass is 10.2. The van der Waals surface area contributed by atoms with Gasteiger partial charge in [0.15, 0.2) is 5.16 Å². The predicted octanol–water partition coefficient (Wildman–Crippen LogP) is 4.37. The predicted molar refractivity (Wildman–Crippen MR) is 112 cm³/mol. The third-order valence-electron chi connectivity index (χ3n) is 4.85. The first-order valence-electron chi connectivity index (χ1n) is 9.47. The third-order valence-corrected chi connectivity index (χ3v) is 6.31. The van der Waals surface area contributed by atoms with Crippen LogP contribution in [0.15, 0.2) is 60.0 Å². The Bertz CT molecular complexity index is 1070. The van der Waals surface area contributed by atoms with E-state index in [1.807, 2.05) is 0 Å². The molecule has 0 saturated carbocycles. The van der Waals surface area contributed by atoms with Crippen molar-refractivity contribution < 1.29 is 14.0 Å². The fraction of sp³-hybridized carbons (Fsp3) is 0.238. The molecule has 0 N–H and O–H groups in total. The zero-order chi connectivity index (χ0) is 21.1. The highest BCUT2D eigenvalue weighted by atomic mass is 35.5. The van der Waals surface area contributed by atoms with Gasteiger partial charge < -0.3 is 0 Å². The van der Waals surface area contributed by atoms with Gasteiger partial charge in [0.1, 0.15) is 12.1 Å². The second-order valence-corrected chi connectivity index (χ2v) is 8.45. The zero-order valence-corrected chi connectivity index (χ0v) is 17.4. The average molecular weight is 445 g/mol. The van der Waals surface area contributed by atoms with Crippen LogP contribution in [0.4, 0.5) is 4.39 Å². The summed E-state index contributed by atoms with van der Waals surface area (Å²) in [4.78, 5) is 27.4. The standard InChI is InChI=1S/C21H18ClFN4O2S/c22-15-10-8-14(9-11-15)19(28)26-12-4-3-7-18(20(26)29)30-21-25-24-13-27(21)17-6-2-1-5-16(17)23/h1-2,5-6,8-11,13,18H,3-4,7,12H2. The Kier molecular flexibility index (Phi) is 6.15. The first-order valence-corrected chi connectivity index (χ1v) is 10.7. The summed E-state index contributed by atoms with van der Waals surface area (Å²) in [6, 6.07) is 12.8. The average Bonchev–Trinajstić information content (AvgIpc) is 3.12. The number of halogens is 2. The number of rotatable bonds is 4. The highest BCUT2D eigenvalue weighted by Gasteiger charge is 2.33. The van der Waals surface area contributed by atoms with E-state index >= 15 is 0 Å². The number of nitrogens with zero attached hydrogens (tertiary/aromatic N) is 4. The molecule has 4 rings (SSSR count). The van der Waals surface area contributed by atoms with Crippen molar-refractivity contribution in [1.82, 2.24) is 19.7 Å². The SMILES string of the molecule is O=C(c1ccc(Cl)cc1)N1CCCCC(Sc2nncn2-c2ccccc2F)C1=O. The van der Waals surface area contributed by atoms with Crippen LogP contribution in [-0.2, 0) is 4.79 Å². The second-order valence-electron chi connectivity index (χ2n) is 6.84. The molecule has 2 aromatic carbocycles. The maximum absolute atomic E-state index is 14.2. The summed E-state index contributed by atoms with van der Waals surface area (Å²) in [5, 5.41) is 8.36. The third kappa shape index (κ3) is 4.24. The lowest BCUT2D eigenvalue weighted by Crippen LogP contribution is -2.41. The van der Waals surface area contributed by atoms with Crippen molar-refractivity contribution in [3.63, 3.8) is 0 Å². The zero-order valence-electron chi connectivity index (χ0n) is 15.9. The molecule has 0 radical (unpaired) electrons. The smallest absolute Gasteiger partial charge is 0.260 e. The number of benzene rings is 2. The van der Waals surface area contributed by atoms with Gasteiger partial charge in [0, 0.05) is 17.1 Å². The number of carbonyl (C=O) groups is 2. The fourth-order valence-electron chi connectivity index (χ4n) is 3.31. The molecule has 9 heteroatoms. The summed E-state index contributed by atoms with van der Waals surface area (Å²) >= 11 is 7.10. The molecular weight excluding hydrogens is 427 g/mol. The minimum Gasteiger partial charge on any atom is -0.278 e. The molecule has 1 atom stereocenters. The summed E-state index contributed by atoms with van der Waals surface area (Å²) in [5.74, 6) is -1.04. The molecule has 6 nitrogen and oxygen atoms in total. The van der Waals surface area contributed by atoms with Gasteiger partial charge in [-0.15, -0.1) is 10.2 Å². The van der Waals surface area contributed by atoms with E-state index in [9.17, 15) is 14.0 Å². The van der Waals surface area contributed by atoms with Crippen LogP contribution in [0.25, 0.3) is 5.69 Å². The van der Waals surface area contributed by atoms with E-state index in [0.717, 1.165) is 12.8 Å². The molecule has 0 spiro atoms. The number of aromatic nitrogens is 3. The maximum atomic E-state index is 14.2. The molecule has 1 saturated heterocycles. The number of imide groups is 1. The van der Waals surface area contributed by atoms with Gasteiger partial charge in [-0.3, -0.25) is 19.1 Å². The molecule has 30 heavy (non-hydrogen) atoms. The van der Waals surface area contributed by atoms with E-state index in [-0.39, 0.29) is 11.8 Å². The minimum absolute atomic E-state index is 0.277. The van der Waals surface area contributed by atoms with Gasteiger partial charge in [-0.25, -0.2) is 4.39 Å². The number of likely N-dealkylation sites (tertiary alicyclic amines) is 1. The summed E-state index contributed by atoms with van der Waals surface area (Å²) in [5.41, 5.74) is 0.716. The second kappa shape index (κ2) is 8.97. The number of carbonyl (C=O) groups excluding carboxylic acids is 2. The monoisotopic (exact) mass is 444 g/mol. The van der Waals surface area contributed by atoms with E-state index in [1.165, 1.54) is 33.6 Å². The normalized spacial score (nSPS) is 17.1. The lowest BCUT2D eigenvalue weighted by Gasteiger charge is -2.22. The molecule has 1 unspecified atom stereocenters. The van der Waals surface area contributed by atoms with Crippen LogP contribution in [0.5, 0.6) is 0 Å². The fourth-order valence-corrected chi connectivity index (χ4v) is 4.56. The Morgan fingerprint density at radius 1 is 1.13 bits per heavy atom. The molecule has 0 bridgehead atoms. The summed E-state index contributed by atoms with van der Waals surface area (Å²) in [7, 11) is 0. The molecule has 2 amide bonds.